The van der Waals surface area contributed by atoms with Crippen LogP contribution in [-0.4, -0.2) is 27.7 Å². The molecule has 3 aromatic rings. The number of nitrogens with zero attached hydrogens (tertiary/aromatic N) is 2. The van der Waals surface area contributed by atoms with E-state index in [1.54, 1.807) is 30.5 Å². The van der Waals surface area contributed by atoms with Crippen molar-refractivity contribution in [3.05, 3.63) is 71.4 Å². The summed E-state index contributed by atoms with van der Waals surface area (Å²) >= 11 is 0. The highest BCUT2D eigenvalue weighted by atomic mass is 32.2. The maximum Gasteiger partial charge on any atom is 0.229 e. The van der Waals surface area contributed by atoms with Crippen molar-refractivity contribution in [1.29, 1.82) is 4.78 Å². The van der Waals surface area contributed by atoms with E-state index in [4.69, 9.17) is 4.78 Å². The number of anilines is 3. The number of aromatic nitrogens is 2. The van der Waals surface area contributed by atoms with Gasteiger partial charge in [-0.15, -0.1) is 0 Å². The van der Waals surface area contributed by atoms with Crippen LogP contribution in [0.3, 0.4) is 0 Å². The predicted octanol–water partition coefficient (Wildman–Crippen LogP) is 3.81. The lowest BCUT2D eigenvalue weighted by molar-refractivity contribution is 0.281. The van der Waals surface area contributed by atoms with Gasteiger partial charge in [-0.1, -0.05) is 47.1 Å². The Hall–Kier alpha value is -3.41. The minimum Gasteiger partial charge on any atom is -0.440 e. The summed E-state index contributed by atoms with van der Waals surface area (Å²) < 4.78 is 18.5. The molecule has 0 radical (unpaired) electrons. The van der Waals surface area contributed by atoms with Gasteiger partial charge in [0, 0.05) is 17.3 Å². The first-order chi connectivity index (χ1) is 14.5. The molecule has 8 heteroatoms. The van der Waals surface area contributed by atoms with Crippen molar-refractivity contribution >= 4 is 28.0 Å². The average molecular weight is 421 g/mol. The summed E-state index contributed by atoms with van der Waals surface area (Å²) in [4.78, 5) is 9.26. The van der Waals surface area contributed by atoms with Gasteiger partial charge in [0.25, 0.3) is 0 Å². The fourth-order valence-corrected chi connectivity index (χ4v) is 2.94. The summed E-state index contributed by atoms with van der Waals surface area (Å²) in [6.45, 7) is 3.79. The summed E-state index contributed by atoms with van der Waals surface area (Å²) in [5.74, 6) is 7.12. The number of rotatable bonds is 6. The molecule has 0 fully saturated rings. The van der Waals surface area contributed by atoms with E-state index in [1.807, 2.05) is 38.1 Å². The highest BCUT2D eigenvalue weighted by Gasteiger charge is 2.09. The zero-order valence-electron chi connectivity index (χ0n) is 16.6. The Morgan fingerprint density at radius 1 is 1.13 bits per heavy atom. The molecule has 0 saturated carbocycles. The molecule has 1 heterocycles. The van der Waals surface area contributed by atoms with Crippen LogP contribution in [0.4, 0.5) is 17.5 Å². The Morgan fingerprint density at radius 3 is 2.50 bits per heavy atom. The molecule has 0 bridgehead atoms. The Labute approximate surface area is 177 Å². The molecule has 0 amide bonds. The lowest BCUT2D eigenvalue weighted by Gasteiger charge is -2.14. The van der Waals surface area contributed by atoms with Crippen LogP contribution in [0.15, 0.2) is 59.6 Å². The van der Waals surface area contributed by atoms with Crippen molar-refractivity contribution in [2.45, 2.75) is 24.8 Å². The van der Waals surface area contributed by atoms with Crippen molar-refractivity contribution in [1.82, 2.24) is 9.97 Å². The number of aliphatic hydroxyl groups excluding tert-OH is 1. The number of hydrogen-bond acceptors (Lipinski definition) is 8. The zero-order valence-corrected chi connectivity index (χ0v) is 17.5. The Morgan fingerprint density at radius 2 is 1.83 bits per heavy atom. The van der Waals surface area contributed by atoms with Gasteiger partial charge in [-0.3, -0.25) is 0 Å². The van der Waals surface area contributed by atoms with Crippen LogP contribution in [0, 0.1) is 23.5 Å². The largest absolute Gasteiger partial charge is 0.440 e. The minimum atomic E-state index is -1.78. The van der Waals surface area contributed by atoms with Gasteiger partial charge in [-0.2, -0.15) is 15.6 Å². The highest BCUT2D eigenvalue weighted by molar-refractivity contribution is 7.73. The van der Waals surface area contributed by atoms with Crippen LogP contribution in [0.2, 0.25) is 0 Å². The number of nitrogens with one attached hydrogen (secondary N) is 3. The molecule has 30 heavy (non-hydrogen) atoms. The third-order valence-electron chi connectivity index (χ3n) is 4.25. The Balaban J connectivity index is 1.90. The van der Waals surface area contributed by atoms with Gasteiger partial charge in [-0.25, -0.2) is 4.98 Å². The first kappa shape index (κ1) is 21.3. The Bertz CT molecular complexity index is 1160. The van der Waals surface area contributed by atoms with Gasteiger partial charge in [-0.05, 0) is 37.6 Å². The van der Waals surface area contributed by atoms with E-state index in [0.29, 0.717) is 27.9 Å². The third-order valence-corrected chi connectivity index (χ3v) is 4.95. The monoisotopic (exact) mass is 420 g/mol. The second kappa shape index (κ2) is 9.87. The van der Waals surface area contributed by atoms with E-state index in [0.717, 1.165) is 11.1 Å². The quantitative estimate of drug-likeness (QED) is 0.356. The molecular formula is C22H22N5O2S-. The van der Waals surface area contributed by atoms with Crippen LogP contribution < -0.4 is 10.6 Å². The number of aliphatic hydroxyl groups is 1. The molecule has 0 spiro atoms. The second-order valence-corrected chi connectivity index (χ2v) is 7.68. The Kier molecular flexibility index (Phi) is 7.01. The number of hydrogen-bond donors (Lipinski definition) is 4. The molecule has 0 aliphatic heterocycles. The lowest BCUT2D eigenvalue weighted by atomic mass is 10.1. The highest BCUT2D eigenvalue weighted by Crippen LogP contribution is 2.19. The molecular weight excluding hydrogens is 398 g/mol. The SMILES string of the molecule is Cc1ccccc1C#Cc1cnc(Nc2ccc([S-](=N)=O)cc2)nc1N[C@H](C)CO. The van der Waals surface area contributed by atoms with Gasteiger partial charge >= 0.3 is 0 Å². The first-order valence-corrected chi connectivity index (χ1v) is 10.4. The molecule has 0 unspecified atom stereocenters. The molecule has 2 aromatic carbocycles. The molecule has 4 N–H and O–H groups in total. The van der Waals surface area contributed by atoms with Crippen LogP contribution in [0.1, 0.15) is 23.6 Å². The number of benzene rings is 2. The van der Waals surface area contributed by atoms with Crippen LogP contribution in [0.25, 0.3) is 0 Å². The topological polar surface area (TPSA) is 111 Å². The second-order valence-electron chi connectivity index (χ2n) is 6.67. The van der Waals surface area contributed by atoms with Gasteiger partial charge < -0.3 is 24.7 Å². The molecule has 0 saturated heterocycles. The fourth-order valence-electron chi connectivity index (χ4n) is 2.56. The van der Waals surface area contributed by atoms with Crippen LogP contribution in [0.5, 0.6) is 0 Å². The molecule has 1 aromatic heterocycles. The van der Waals surface area contributed by atoms with Gasteiger partial charge in [0.2, 0.25) is 5.95 Å². The molecule has 7 nitrogen and oxygen atoms in total. The van der Waals surface area contributed by atoms with Crippen molar-refractivity contribution in [2.24, 2.45) is 0 Å². The van der Waals surface area contributed by atoms with E-state index in [-0.39, 0.29) is 12.6 Å². The summed E-state index contributed by atoms with van der Waals surface area (Å²) in [6.07, 6.45) is 1.63. The van der Waals surface area contributed by atoms with Gasteiger partial charge in [0.1, 0.15) is 5.82 Å². The smallest absolute Gasteiger partial charge is 0.229 e. The summed E-state index contributed by atoms with van der Waals surface area (Å²) in [7, 11) is -1.78. The van der Waals surface area contributed by atoms with E-state index in [1.165, 1.54) is 0 Å². The van der Waals surface area contributed by atoms with Crippen molar-refractivity contribution in [3.8, 4) is 11.8 Å². The molecule has 0 aliphatic rings. The standard InChI is InChI=1S/C22H22N5O2S/c1-15-5-3-4-6-17(15)7-8-18-13-24-22(27-21(18)25-16(2)14-28)26-19-9-11-20(12-10-19)30(23)29/h3-6,9-13,16,23,28H,14H2,1-2H3,(H2,24,25,26,27)/q-1/t16-/m1/s1. The van der Waals surface area contributed by atoms with E-state index < -0.39 is 10.6 Å². The third kappa shape index (κ3) is 5.56. The maximum atomic E-state index is 11.2. The van der Waals surface area contributed by atoms with Crippen LogP contribution in [-0.2, 0) is 14.8 Å². The molecule has 0 aliphatic carbocycles. The van der Waals surface area contributed by atoms with Crippen molar-refractivity contribution in [3.63, 3.8) is 0 Å². The fraction of sp³-hybridized carbons (Fsp3) is 0.182. The lowest BCUT2D eigenvalue weighted by Crippen LogP contribution is -2.21. The molecule has 3 rings (SSSR count). The summed E-state index contributed by atoms with van der Waals surface area (Å²) in [5, 5.41) is 15.6. The van der Waals surface area contributed by atoms with Gasteiger partial charge in [0.15, 0.2) is 0 Å². The maximum absolute atomic E-state index is 11.2. The van der Waals surface area contributed by atoms with Gasteiger partial charge in [0.05, 0.1) is 18.4 Å². The van der Waals surface area contributed by atoms with E-state index >= 15 is 0 Å². The predicted molar refractivity (Wildman–Crippen MR) is 118 cm³/mol. The molecule has 1 atom stereocenters. The average Bonchev–Trinajstić information content (AvgIpc) is 2.74. The summed E-state index contributed by atoms with van der Waals surface area (Å²) in [5.41, 5.74) is 3.32. The van der Waals surface area contributed by atoms with E-state index in [9.17, 15) is 9.32 Å². The zero-order chi connectivity index (χ0) is 21.5. The van der Waals surface area contributed by atoms with E-state index in [2.05, 4.69) is 32.4 Å². The first-order valence-electron chi connectivity index (χ1n) is 9.28. The van der Waals surface area contributed by atoms with Crippen LogP contribution >= 0.6 is 0 Å². The minimum absolute atomic E-state index is 0.0524. The normalized spacial score (nSPS) is 11.5. The number of aryl methyl sites for hydroxylation is 1. The van der Waals surface area contributed by atoms with Crippen molar-refractivity contribution < 1.29 is 9.32 Å². The molecule has 154 valence electrons. The van der Waals surface area contributed by atoms with Crippen molar-refractivity contribution in [2.75, 3.05) is 17.2 Å². The summed E-state index contributed by atoms with van der Waals surface area (Å²) in [6, 6.07) is 14.3.